The number of piperazine rings is 1. The summed E-state index contributed by atoms with van der Waals surface area (Å²) in [5, 5.41) is 1.16. The fourth-order valence-electron chi connectivity index (χ4n) is 5.22. The van der Waals surface area contributed by atoms with E-state index < -0.39 is 0 Å². The Labute approximate surface area is 206 Å². The number of nitrogens with zero attached hydrogens (tertiary/aromatic N) is 3. The van der Waals surface area contributed by atoms with Crippen molar-refractivity contribution in [2.75, 3.05) is 26.2 Å². The first-order valence-electron chi connectivity index (χ1n) is 12.5. The predicted molar refractivity (Wildman–Crippen MR) is 139 cm³/mol. The molecule has 4 nitrogen and oxygen atoms in total. The van der Waals surface area contributed by atoms with Gasteiger partial charge in [0.1, 0.15) is 5.82 Å². The minimum absolute atomic E-state index is 0.122. The van der Waals surface area contributed by atoms with E-state index in [9.17, 15) is 9.18 Å². The minimum atomic E-state index is -0.260. The highest BCUT2D eigenvalue weighted by molar-refractivity contribution is 5.86. The van der Waals surface area contributed by atoms with E-state index in [1.807, 2.05) is 35.2 Å². The van der Waals surface area contributed by atoms with E-state index in [1.54, 1.807) is 0 Å². The Hall–Kier alpha value is -3.44. The molecule has 2 heterocycles. The van der Waals surface area contributed by atoms with E-state index in [-0.39, 0.29) is 17.6 Å². The van der Waals surface area contributed by atoms with Gasteiger partial charge in [-0.1, -0.05) is 60.7 Å². The minimum Gasteiger partial charge on any atom is -0.347 e. The van der Waals surface area contributed by atoms with Crippen LogP contribution in [0, 0.1) is 5.82 Å². The Balaban J connectivity index is 1.35. The van der Waals surface area contributed by atoms with Crippen molar-refractivity contribution < 1.29 is 9.18 Å². The molecule has 0 N–H and O–H groups in total. The van der Waals surface area contributed by atoms with Crippen molar-refractivity contribution in [1.29, 1.82) is 0 Å². The second-order valence-corrected chi connectivity index (χ2v) is 9.34. The van der Waals surface area contributed by atoms with Crippen LogP contribution in [-0.4, -0.2) is 46.5 Å². The van der Waals surface area contributed by atoms with Gasteiger partial charge < -0.3 is 9.47 Å². The standard InChI is InChI=1S/C30H32FN3O/c1-2-33-22-28(26-10-6-7-11-29(26)33)27(24-12-14-25(31)15-13-24)20-30(35)34-18-16-32(17-19-34)21-23-8-4-3-5-9-23/h3-15,22,27H,2,16-21H2,1H3. The van der Waals surface area contributed by atoms with Crippen molar-refractivity contribution in [3.05, 3.63) is 108 Å². The third-order valence-corrected chi connectivity index (χ3v) is 7.16. The van der Waals surface area contributed by atoms with Crippen molar-refractivity contribution in [2.24, 2.45) is 0 Å². The Morgan fingerprint density at radius 3 is 2.29 bits per heavy atom. The molecule has 1 amide bonds. The molecule has 3 aromatic carbocycles. The fourth-order valence-corrected chi connectivity index (χ4v) is 5.22. The molecule has 0 saturated carbocycles. The molecule has 1 aliphatic heterocycles. The fraction of sp³-hybridized carbons (Fsp3) is 0.300. The molecule has 1 fully saturated rings. The van der Waals surface area contributed by atoms with Gasteiger partial charge in [0.2, 0.25) is 5.91 Å². The van der Waals surface area contributed by atoms with E-state index in [0.717, 1.165) is 55.8 Å². The SMILES string of the molecule is CCn1cc(C(CC(=O)N2CCN(Cc3ccccc3)CC2)c2ccc(F)cc2)c2ccccc21. The highest BCUT2D eigenvalue weighted by atomic mass is 19.1. The summed E-state index contributed by atoms with van der Waals surface area (Å²) >= 11 is 0. The summed E-state index contributed by atoms with van der Waals surface area (Å²) in [6, 6.07) is 25.4. The second-order valence-electron chi connectivity index (χ2n) is 9.34. The lowest BCUT2D eigenvalue weighted by atomic mass is 9.87. The number of carbonyl (C=O) groups excluding carboxylic acids is 1. The zero-order chi connectivity index (χ0) is 24.2. The summed E-state index contributed by atoms with van der Waals surface area (Å²) in [6.07, 6.45) is 2.55. The van der Waals surface area contributed by atoms with Gasteiger partial charge in [-0.05, 0) is 41.8 Å². The third-order valence-electron chi connectivity index (χ3n) is 7.16. The average Bonchev–Trinajstić information content (AvgIpc) is 3.27. The number of aromatic nitrogens is 1. The van der Waals surface area contributed by atoms with Crippen LogP contribution in [0.1, 0.15) is 36.0 Å². The van der Waals surface area contributed by atoms with Gasteiger partial charge in [-0.2, -0.15) is 0 Å². The zero-order valence-electron chi connectivity index (χ0n) is 20.2. The smallest absolute Gasteiger partial charge is 0.223 e. The van der Waals surface area contributed by atoms with E-state index in [0.29, 0.717) is 6.42 Å². The van der Waals surface area contributed by atoms with Crippen LogP contribution in [-0.2, 0) is 17.9 Å². The van der Waals surface area contributed by atoms with Crippen molar-refractivity contribution in [1.82, 2.24) is 14.4 Å². The quantitative estimate of drug-likeness (QED) is 0.349. The van der Waals surface area contributed by atoms with Gasteiger partial charge in [0.25, 0.3) is 0 Å². The maximum atomic E-state index is 13.7. The van der Waals surface area contributed by atoms with E-state index >= 15 is 0 Å². The molecule has 0 aliphatic carbocycles. The summed E-state index contributed by atoms with van der Waals surface area (Å²) in [6.45, 7) is 7.11. The van der Waals surface area contributed by atoms with Crippen LogP contribution >= 0.6 is 0 Å². The largest absolute Gasteiger partial charge is 0.347 e. The molecule has 0 radical (unpaired) electrons. The second kappa shape index (κ2) is 10.4. The lowest BCUT2D eigenvalue weighted by molar-refractivity contribution is -0.133. The molecule has 180 valence electrons. The summed E-state index contributed by atoms with van der Waals surface area (Å²) in [7, 11) is 0. The molecule has 35 heavy (non-hydrogen) atoms. The molecule has 5 heteroatoms. The number of aryl methyl sites for hydroxylation is 1. The number of benzene rings is 3. The Kier molecular flexibility index (Phi) is 6.96. The number of hydrogen-bond acceptors (Lipinski definition) is 2. The van der Waals surface area contributed by atoms with Gasteiger partial charge in [-0.25, -0.2) is 4.39 Å². The normalized spacial score (nSPS) is 15.4. The molecular weight excluding hydrogens is 437 g/mol. The van der Waals surface area contributed by atoms with Crippen LogP contribution in [0.25, 0.3) is 10.9 Å². The van der Waals surface area contributed by atoms with Crippen LogP contribution < -0.4 is 0 Å². The van der Waals surface area contributed by atoms with Crippen molar-refractivity contribution in [2.45, 2.75) is 32.4 Å². The maximum absolute atomic E-state index is 13.7. The summed E-state index contributed by atoms with van der Waals surface area (Å²) < 4.78 is 16.0. The number of halogens is 1. The number of amides is 1. The Morgan fingerprint density at radius 1 is 0.886 bits per heavy atom. The van der Waals surface area contributed by atoms with Crippen LogP contribution in [0.5, 0.6) is 0 Å². The summed E-state index contributed by atoms with van der Waals surface area (Å²) in [5.74, 6) is -0.223. The van der Waals surface area contributed by atoms with Gasteiger partial charge in [0.05, 0.1) is 0 Å². The first kappa shape index (κ1) is 23.3. The molecule has 1 saturated heterocycles. The number of para-hydroxylation sites is 1. The zero-order valence-corrected chi connectivity index (χ0v) is 20.2. The number of hydrogen-bond donors (Lipinski definition) is 0. The third kappa shape index (κ3) is 5.15. The van der Waals surface area contributed by atoms with Gasteiger partial charge >= 0.3 is 0 Å². The molecular formula is C30H32FN3O. The van der Waals surface area contributed by atoms with Crippen molar-refractivity contribution in [3.8, 4) is 0 Å². The number of rotatable bonds is 7. The predicted octanol–water partition coefficient (Wildman–Crippen LogP) is 5.67. The van der Waals surface area contributed by atoms with Gasteiger partial charge in [0, 0.05) is 68.7 Å². The van der Waals surface area contributed by atoms with Crippen molar-refractivity contribution in [3.63, 3.8) is 0 Å². The molecule has 0 spiro atoms. The molecule has 5 rings (SSSR count). The first-order chi connectivity index (χ1) is 17.1. The van der Waals surface area contributed by atoms with Crippen molar-refractivity contribution >= 4 is 16.8 Å². The first-order valence-corrected chi connectivity index (χ1v) is 12.5. The summed E-state index contributed by atoms with van der Waals surface area (Å²) in [5.41, 5.74) is 4.57. The Bertz CT molecular complexity index is 1270. The van der Waals surface area contributed by atoms with Crippen LogP contribution in [0.15, 0.2) is 85.1 Å². The van der Waals surface area contributed by atoms with E-state index in [2.05, 4.69) is 59.0 Å². The molecule has 4 aromatic rings. The van der Waals surface area contributed by atoms with Gasteiger partial charge in [-0.15, -0.1) is 0 Å². The van der Waals surface area contributed by atoms with Crippen LogP contribution in [0.4, 0.5) is 4.39 Å². The molecule has 0 bridgehead atoms. The highest BCUT2D eigenvalue weighted by Crippen LogP contribution is 2.35. The van der Waals surface area contributed by atoms with E-state index in [4.69, 9.17) is 0 Å². The molecule has 1 aromatic heterocycles. The molecule has 1 aliphatic rings. The Morgan fingerprint density at radius 2 is 1.57 bits per heavy atom. The number of carbonyl (C=O) groups is 1. The monoisotopic (exact) mass is 469 g/mol. The molecule has 1 atom stereocenters. The maximum Gasteiger partial charge on any atom is 0.223 e. The average molecular weight is 470 g/mol. The van der Waals surface area contributed by atoms with E-state index in [1.165, 1.54) is 23.2 Å². The topological polar surface area (TPSA) is 28.5 Å². The highest BCUT2D eigenvalue weighted by Gasteiger charge is 2.27. The van der Waals surface area contributed by atoms with Gasteiger partial charge in [0.15, 0.2) is 0 Å². The lowest BCUT2D eigenvalue weighted by Crippen LogP contribution is -2.48. The van der Waals surface area contributed by atoms with Gasteiger partial charge in [-0.3, -0.25) is 9.69 Å². The molecule has 1 unspecified atom stereocenters. The lowest BCUT2D eigenvalue weighted by Gasteiger charge is -2.35. The van der Waals surface area contributed by atoms with Crippen LogP contribution in [0.3, 0.4) is 0 Å². The number of fused-ring (bicyclic) bond motifs is 1. The van der Waals surface area contributed by atoms with Crippen LogP contribution in [0.2, 0.25) is 0 Å². The summed E-state index contributed by atoms with van der Waals surface area (Å²) in [4.78, 5) is 17.9.